The SMILES string of the molecule is COc1ccccc1-n1nc(-c2ccc(Br)cc2)cc1C(=O)O. The highest BCUT2D eigenvalue weighted by Crippen LogP contribution is 2.27. The van der Waals surface area contributed by atoms with Crippen LogP contribution in [-0.4, -0.2) is 28.0 Å². The van der Waals surface area contributed by atoms with Crippen LogP contribution in [0.4, 0.5) is 0 Å². The maximum Gasteiger partial charge on any atom is 0.354 e. The summed E-state index contributed by atoms with van der Waals surface area (Å²) >= 11 is 3.38. The van der Waals surface area contributed by atoms with Crippen LogP contribution in [0, 0.1) is 0 Å². The van der Waals surface area contributed by atoms with Crippen LogP contribution >= 0.6 is 15.9 Å². The molecule has 0 aliphatic heterocycles. The van der Waals surface area contributed by atoms with Gasteiger partial charge in [0.05, 0.1) is 12.8 Å². The van der Waals surface area contributed by atoms with E-state index >= 15 is 0 Å². The largest absolute Gasteiger partial charge is 0.494 e. The maximum absolute atomic E-state index is 11.6. The minimum absolute atomic E-state index is 0.0763. The zero-order chi connectivity index (χ0) is 16.4. The summed E-state index contributed by atoms with van der Waals surface area (Å²) in [6.45, 7) is 0. The van der Waals surface area contributed by atoms with Crippen molar-refractivity contribution in [2.75, 3.05) is 7.11 Å². The highest BCUT2D eigenvalue weighted by atomic mass is 79.9. The van der Waals surface area contributed by atoms with Crippen molar-refractivity contribution in [2.45, 2.75) is 0 Å². The number of hydrogen-bond donors (Lipinski definition) is 1. The van der Waals surface area contributed by atoms with Crippen LogP contribution in [0.1, 0.15) is 10.5 Å². The fourth-order valence-electron chi connectivity index (χ4n) is 2.28. The lowest BCUT2D eigenvalue weighted by Gasteiger charge is -2.09. The van der Waals surface area contributed by atoms with Gasteiger partial charge in [0.2, 0.25) is 0 Å². The number of rotatable bonds is 4. The number of hydrogen-bond acceptors (Lipinski definition) is 3. The van der Waals surface area contributed by atoms with Gasteiger partial charge in [-0.1, -0.05) is 40.2 Å². The number of nitrogens with zero attached hydrogens (tertiary/aromatic N) is 2. The molecule has 0 aliphatic rings. The molecule has 0 unspecified atom stereocenters. The van der Waals surface area contributed by atoms with Crippen molar-refractivity contribution in [3.05, 3.63) is 64.8 Å². The Morgan fingerprint density at radius 2 is 1.87 bits per heavy atom. The number of ether oxygens (including phenoxy) is 1. The standard InChI is InChI=1S/C17H13BrN2O3/c1-23-16-5-3-2-4-14(16)20-15(17(21)22)10-13(19-20)11-6-8-12(18)9-7-11/h2-10H,1H3,(H,21,22). The van der Waals surface area contributed by atoms with Gasteiger partial charge in [-0.15, -0.1) is 0 Å². The summed E-state index contributed by atoms with van der Waals surface area (Å²) < 4.78 is 7.64. The van der Waals surface area contributed by atoms with Gasteiger partial charge in [0.15, 0.2) is 5.69 Å². The van der Waals surface area contributed by atoms with Crippen molar-refractivity contribution in [3.63, 3.8) is 0 Å². The number of methoxy groups -OCH3 is 1. The normalized spacial score (nSPS) is 10.5. The molecule has 1 N–H and O–H groups in total. The Balaban J connectivity index is 2.17. The molecule has 0 saturated carbocycles. The lowest BCUT2D eigenvalue weighted by Crippen LogP contribution is -2.09. The Hall–Kier alpha value is -2.60. The summed E-state index contributed by atoms with van der Waals surface area (Å²) in [5, 5.41) is 13.9. The molecule has 3 rings (SSSR count). The number of aromatic carboxylic acids is 1. The van der Waals surface area contributed by atoms with Crippen molar-refractivity contribution in [3.8, 4) is 22.7 Å². The van der Waals surface area contributed by atoms with Crippen LogP contribution in [0.2, 0.25) is 0 Å². The predicted molar refractivity (Wildman–Crippen MR) is 90.2 cm³/mol. The number of aromatic nitrogens is 2. The zero-order valence-electron chi connectivity index (χ0n) is 12.2. The first-order valence-electron chi connectivity index (χ1n) is 6.83. The molecule has 1 aromatic heterocycles. The van der Waals surface area contributed by atoms with Gasteiger partial charge < -0.3 is 9.84 Å². The second kappa shape index (κ2) is 6.26. The van der Waals surface area contributed by atoms with Crippen LogP contribution in [0.3, 0.4) is 0 Å². The number of para-hydroxylation sites is 2. The van der Waals surface area contributed by atoms with E-state index in [0.717, 1.165) is 10.0 Å². The Labute approximate surface area is 141 Å². The molecule has 2 aromatic carbocycles. The van der Waals surface area contributed by atoms with Crippen LogP contribution in [-0.2, 0) is 0 Å². The predicted octanol–water partition coefficient (Wildman–Crippen LogP) is 4.01. The number of carboxylic acid groups (broad SMARTS) is 1. The van der Waals surface area contributed by atoms with Gasteiger partial charge in [-0.25, -0.2) is 9.48 Å². The van der Waals surface area contributed by atoms with Gasteiger partial charge >= 0.3 is 5.97 Å². The van der Waals surface area contributed by atoms with Crippen molar-refractivity contribution in [2.24, 2.45) is 0 Å². The maximum atomic E-state index is 11.6. The second-order valence-corrected chi connectivity index (χ2v) is 5.73. The summed E-state index contributed by atoms with van der Waals surface area (Å²) in [6.07, 6.45) is 0. The summed E-state index contributed by atoms with van der Waals surface area (Å²) in [7, 11) is 1.54. The first kappa shape index (κ1) is 15.3. The molecular formula is C17H13BrN2O3. The van der Waals surface area contributed by atoms with E-state index in [2.05, 4.69) is 21.0 Å². The zero-order valence-corrected chi connectivity index (χ0v) is 13.8. The fourth-order valence-corrected chi connectivity index (χ4v) is 2.55. The van der Waals surface area contributed by atoms with E-state index in [4.69, 9.17) is 4.74 Å². The van der Waals surface area contributed by atoms with E-state index in [-0.39, 0.29) is 5.69 Å². The molecule has 6 heteroatoms. The van der Waals surface area contributed by atoms with Gasteiger partial charge in [0, 0.05) is 10.0 Å². The summed E-state index contributed by atoms with van der Waals surface area (Å²) in [5.74, 6) is -0.493. The number of carboxylic acids is 1. The molecule has 0 saturated heterocycles. The summed E-state index contributed by atoms with van der Waals surface area (Å²) in [5.41, 5.74) is 2.08. The molecule has 0 spiro atoms. The van der Waals surface area contributed by atoms with Crippen molar-refractivity contribution >= 4 is 21.9 Å². The monoisotopic (exact) mass is 372 g/mol. The third-order valence-corrected chi connectivity index (χ3v) is 3.91. The van der Waals surface area contributed by atoms with Crippen molar-refractivity contribution in [1.29, 1.82) is 0 Å². The molecule has 116 valence electrons. The molecule has 0 atom stereocenters. The van der Waals surface area contributed by atoms with Gasteiger partial charge in [-0.3, -0.25) is 0 Å². The van der Waals surface area contributed by atoms with Gasteiger partial charge in [-0.2, -0.15) is 5.10 Å². The van der Waals surface area contributed by atoms with Crippen LogP contribution in [0.5, 0.6) is 5.75 Å². The molecule has 5 nitrogen and oxygen atoms in total. The highest BCUT2D eigenvalue weighted by molar-refractivity contribution is 9.10. The van der Waals surface area contributed by atoms with E-state index < -0.39 is 5.97 Å². The number of benzene rings is 2. The average Bonchev–Trinajstić information content (AvgIpc) is 3.01. The van der Waals surface area contributed by atoms with Crippen LogP contribution in [0.25, 0.3) is 16.9 Å². The van der Waals surface area contributed by atoms with Crippen molar-refractivity contribution < 1.29 is 14.6 Å². The molecule has 0 bridgehead atoms. The van der Waals surface area contributed by atoms with Crippen molar-refractivity contribution in [1.82, 2.24) is 9.78 Å². The lowest BCUT2D eigenvalue weighted by molar-refractivity contribution is 0.0687. The highest BCUT2D eigenvalue weighted by Gasteiger charge is 2.18. The summed E-state index contributed by atoms with van der Waals surface area (Å²) in [4.78, 5) is 11.6. The average molecular weight is 373 g/mol. The molecule has 0 amide bonds. The molecule has 0 radical (unpaired) electrons. The van der Waals surface area contributed by atoms with Gasteiger partial charge in [-0.05, 0) is 30.3 Å². The smallest absolute Gasteiger partial charge is 0.354 e. The Morgan fingerprint density at radius 3 is 2.52 bits per heavy atom. The van der Waals surface area contributed by atoms with E-state index in [1.54, 1.807) is 25.3 Å². The molecule has 0 aliphatic carbocycles. The first-order valence-corrected chi connectivity index (χ1v) is 7.62. The molecule has 0 fully saturated rings. The van der Waals surface area contributed by atoms with E-state index in [9.17, 15) is 9.90 Å². The number of halogens is 1. The van der Waals surface area contributed by atoms with E-state index in [1.165, 1.54) is 4.68 Å². The lowest BCUT2D eigenvalue weighted by atomic mass is 10.1. The Bertz CT molecular complexity index is 857. The van der Waals surface area contributed by atoms with Gasteiger partial charge in [0.1, 0.15) is 11.4 Å². The van der Waals surface area contributed by atoms with Crippen LogP contribution in [0.15, 0.2) is 59.1 Å². The van der Waals surface area contributed by atoms with Gasteiger partial charge in [0.25, 0.3) is 0 Å². The molecule has 3 aromatic rings. The topological polar surface area (TPSA) is 64.4 Å². The second-order valence-electron chi connectivity index (χ2n) is 4.81. The minimum Gasteiger partial charge on any atom is -0.494 e. The summed E-state index contributed by atoms with van der Waals surface area (Å²) in [6, 6.07) is 16.3. The third-order valence-electron chi connectivity index (χ3n) is 3.38. The number of carbonyl (C=O) groups is 1. The van der Waals surface area contributed by atoms with E-state index in [1.807, 2.05) is 36.4 Å². The van der Waals surface area contributed by atoms with Crippen LogP contribution < -0.4 is 4.74 Å². The Morgan fingerprint density at radius 1 is 1.17 bits per heavy atom. The van der Waals surface area contributed by atoms with E-state index in [0.29, 0.717) is 17.1 Å². The molecule has 1 heterocycles. The molecule has 23 heavy (non-hydrogen) atoms. The fraction of sp³-hybridized carbons (Fsp3) is 0.0588. The quantitative estimate of drug-likeness (QED) is 0.751. The minimum atomic E-state index is -1.05. The first-order chi connectivity index (χ1) is 11.1. The Kier molecular flexibility index (Phi) is 4.16. The third kappa shape index (κ3) is 2.98. The molecular weight excluding hydrogens is 360 g/mol.